The molecule has 0 aliphatic carbocycles. The fourth-order valence-electron chi connectivity index (χ4n) is 2.64. The molecule has 0 bridgehead atoms. The molecule has 0 aliphatic heterocycles. The number of thiazole rings is 1. The number of nitrogens with zero attached hydrogens (tertiary/aromatic N) is 4. The average Bonchev–Trinajstić information content (AvgIpc) is 3.04. The van der Waals surface area contributed by atoms with E-state index in [0.29, 0.717) is 29.3 Å². The largest absolute Gasteiger partial charge is 0.378 e. The number of carbonyl (C=O) groups excluding carboxylic acids is 1. The summed E-state index contributed by atoms with van der Waals surface area (Å²) in [6.45, 7) is 1.20. The third kappa shape index (κ3) is 4.98. The smallest absolute Gasteiger partial charge is 0.260 e. The number of aromatic nitrogens is 1. The third-order valence-corrected chi connectivity index (χ3v) is 5.26. The Labute approximate surface area is 174 Å². The van der Waals surface area contributed by atoms with Gasteiger partial charge in [-0.15, -0.1) is 12.4 Å². The molecule has 5 nitrogen and oxygen atoms in total. The zero-order valence-corrected chi connectivity index (χ0v) is 18.0. The number of hydrogen-bond donors (Lipinski definition) is 0. The molecular formula is C20H24ClFN4OS. The molecule has 0 atom stereocenters. The molecule has 3 aromatic rings. The summed E-state index contributed by atoms with van der Waals surface area (Å²) in [7, 11) is 7.84. The molecule has 0 aliphatic rings. The molecule has 28 heavy (non-hydrogen) atoms. The Bertz CT molecular complexity index is 943. The summed E-state index contributed by atoms with van der Waals surface area (Å²) in [6, 6.07) is 12.0. The van der Waals surface area contributed by atoms with Crippen LogP contribution in [0.3, 0.4) is 0 Å². The maximum Gasteiger partial charge on any atom is 0.260 e. The van der Waals surface area contributed by atoms with Crippen LogP contribution in [0.5, 0.6) is 0 Å². The van der Waals surface area contributed by atoms with Crippen LogP contribution in [0.4, 0.5) is 15.2 Å². The van der Waals surface area contributed by atoms with Gasteiger partial charge in [0.15, 0.2) is 5.13 Å². The third-order valence-electron chi connectivity index (χ3n) is 4.22. The Balaban J connectivity index is 0.00000280. The van der Waals surface area contributed by atoms with E-state index in [9.17, 15) is 9.18 Å². The molecule has 0 unspecified atom stereocenters. The van der Waals surface area contributed by atoms with Crippen molar-refractivity contribution in [1.82, 2.24) is 9.88 Å². The van der Waals surface area contributed by atoms with Crippen molar-refractivity contribution in [3.8, 4) is 0 Å². The van der Waals surface area contributed by atoms with E-state index in [1.165, 1.54) is 23.5 Å². The first kappa shape index (κ1) is 22.1. The zero-order chi connectivity index (χ0) is 19.6. The summed E-state index contributed by atoms with van der Waals surface area (Å²) >= 11 is 1.33. The molecule has 2 aromatic carbocycles. The van der Waals surface area contributed by atoms with Gasteiger partial charge in [0.05, 0.1) is 10.2 Å². The van der Waals surface area contributed by atoms with Gasteiger partial charge in [-0.1, -0.05) is 11.3 Å². The number of amides is 1. The summed E-state index contributed by atoms with van der Waals surface area (Å²) in [6.07, 6.45) is 0. The average molecular weight is 423 g/mol. The molecule has 150 valence electrons. The second-order valence-corrected chi connectivity index (χ2v) is 7.82. The summed E-state index contributed by atoms with van der Waals surface area (Å²) in [4.78, 5) is 23.4. The Morgan fingerprint density at radius 1 is 1.04 bits per heavy atom. The van der Waals surface area contributed by atoms with Crippen LogP contribution < -0.4 is 9.80 Å². The molecule has 0 radical (unpaired) electrons. The number of carbonyl (C=O) groups is 1. The summed E-state index contributed by atoms with van der Waals surface area (Å²) < 4.78 is 14.2. The van der Waals surface area contributed by atoms with Crippen molar-refractivity contribution in [2.24, 2.45) is 0 Å². The lowest BCUT2D eigenvalue weighted by atomic mass is 10.1. The molecule has 0 saturated carbocycles. The number of benzene rings is 2. The molecule has 0 N–H and O–H groups in total. The number of anilines is 2. The molecule has 1 aromatic heterocycles. The molecule has 0 spiro atoms. The van der Waals surface area contributed by atoms with Crippen molar-refractivity contribution < 1.29 is 9.18 Å². The van der Waals surface area contributed by atoms with Crippen molar-refractivity contribution in [3.05, 3.63) is 53.8 Å². The predicted octanol–water partition coefficient (Wildman–Crippen LogP) is 4.13. The van der Waals surface area contributed by atoms with E-state index in [-0.39, 0.29) is 24.1 Å². The highest BCUT2D eigenvalue weighted by Crippen LogP contribution is 2.30. The van der Waals surface area contributed by atoms with Crippen LogP contribution in [0.25, 0.3) is 10.2 Å². The maximum absolute atomic E-state index is 13.5. The lowest BCUT2D eigenvalue weighted by molar-refractivity contribution is 0.0985. The Kier molecular flexibility index (Phi) is 7.35. The topological polar surface area (TPSA) is 39.7 Å². The van der Waals surface area contributed by atoms with Crippen LogP contribution >= 0.6 is 23.7 Å². The van der Waals surface area contributed by atoms with Crippen LogP contribution in [-0.2, 0) is 0 Å². The standard InChI is InChI=1S/C20H23FN4OS.ClH/c1-23(2)11-12-25(19(26)14-5-8-16(9-6-14)24(3)4)20-22-17-10-7-15(21)13-18(17)27-20;/h5-10,13H,11-12H2,1-4H3;1H. The van der Waals surface area contributed by atoms with E-state index in [1.807, 2.05) is 62.3 Å². The van der Waals surface area contributed by atoms with Gasteiger partial charge >= 0.3 is 0 Å². The SMILES string of the molecule is CN(C)CCN(C(=O)c1ccc(N(C)C)cc1)c1nc2ccc(F)cc2s1.Cl. The minimum atomic E-state index is -0.303. The van der Waals surface area contributed by atoms with Crippen LogP contribution in [0.1, 0.15) is 10.4 Å². The van der Waals surface area contributed by atoms with Gasteiger partial charge in [-0.3, -0.25) is 9.69 Å². The van der Waals surface area contributed by atoms with E-state index in [4.69, 9.17) is 0 Å². The van der Waals surface area contributed by atoms with Gasteiger partial charge in [0.2, 0.25) is 0 Å². The van der Waals surface area contributed by atoms with Crippen LogP contribution in [0.2, 0.25) is 0 Å². The van der Waals surface area contributed by atoms with Crippen LogP contribution in [0, 0.1) is 5.82 Å². The highest BCUT2D eigenvalue weighted by Gasteiger charge is 2.21. The predicted molar refractivity (Wildman–Crippen MR) is 118 cm³/mol. The highest BCUT2D eigenvalue weighted by atomic mass is 35.5. The molecule has 1 heterocycles. The molecular weight excluding hydrogens is 399 g/mol. The van der Waals surface area contributed by atoms with Gasteiger partial charge in [-0.05, 0) is 56.6 Å². The van der Waals surface area contributed by atoms with E-state index < -0.39 is 0 Å². The van der Waals surface area contributed by atoms with Gasteiger partial charge < -0.3 is 9.80 Å². The summed E-state index contributed by atoms with van der Waals surface area (Å²) in [5.74, 6) is -0.412. The quantitative estimate of drug-likeness (QED) is 0.598. The van der Waals surface area contributed by atoms with Crippen LogP contribution in [-0.4, -0.2) is 57.1 Å². The second kappa shape index (κ2) is 9.32. The highest BCUT2D eigenvalue weighted by molar-refractivity contribution is 7.22. The first-order valence-corrected chi connectivity index (χ1v) is 9.47. The van der Waals surface area contributed by atoms with E-state index >= 15 is 0 Å². The molecule has 0 fully saturated rings. The Morgan fingerprint density at radius 3 is 2.32 bits per heavy atom. The number of halogens is 2. The Morgan fingerprint density at radius 2 is 1.71 bits per heavy atom. The van der Waals surface area contributed by atoms with Crippen molar-refractivity contribution >= 4 is 50.7 Å². The first-order valence-electron chi connectivity index (χ1n) is 8.65. The van der Waals surface area contributed by atoms with Gasteiger partial charge in [-0.25, -0.2) is 9.37 Å². The molecule has 1 amide bonds. The van der Waals surface area contributed by atoms with Crippen molar-refractivity contribution in [3.63, 3.8) is 0 Å². The van der Waals surface area contributed by atoms with Gasteiger partial charge in [0.25, 0.3) is 5.91 Å². The zero-order valence-electron chi connectivity index (χ0n) is 16.3. The maximum atomic E-state index is 13.5. The molecule has 8 heteroatoms. The van der Waals surface area contributed by atoms with Crippen molar-refractivity contribution in [1.29, 1.82) is 0 Å². The second-order valence-electron chi connectivity index (χ2n) is 6.81. The lowest BCUT2D eigenvalue weighted by Crippen LogP contribution is -2.36. The van der Waals surface area contributed by atoms with Gasteiger partial charge in [0, 0.05) is 38.4 Å². The summed E-state index contributed by atoms with van der Waals surface area (Å²) in [5.41, 5.74) is 2.33. The van der Waals surface area contributed by atoms with E-state index in [0.717, 1.165) is 10.4 Å². The fourth-order valence-corrected chi connectivity index (χ4v) is 3.66. The van der Waals surface area contributed by atoms with Gasteiger partial charge in [0.1, 0.15) is 5.82 Å². The minimum absolute atomic E-state index is 0. The number of rotatable bonds is 6. The fraction of sp³-hybridized carbons (Fsp3) is 0.300. The van der Waals surface area contributed by atoms with E-state index in [2.05, 4.69) is 4.98 Å². The molecule has 0 saturated heterocycles. The minimum Gasteiger partial charge on any atom is -0.378 e. The van der Waals surface area contributed by atoms with Gasteiger partial charge in [-0.2, -0.15) is 0 Å². The number of likely N-dealkylation sites (N-methyl/N-ethyl adjacent to an activating group) is 1. The Hall–Kier alpha value is -2.22. The number of fused-ring (bicyclic) bond motifs is 1. The van der Waals surface area contributed by atoms with Crippen LogP contribution in [0.15, 0.2) is 42.5 Å². The first-order chi connectivity index (χ1) is 12.8. The van der Waals surface area contributed by atoms with Crippen molar-refractivity contribution in [2.75, 3.05) is 51.1 Å². The molecule has 3 rings (SSSR count). The lowest BCUT2D eigenvalue weighted by Gasteiger charge is -2.22. The summed E-state index contributed by atoms with van der Waals surface area (Å²) in [5, 5.41) is 0.583. The van der Waals surface area contributed by atoms with E-state index in [1.54, 1.807) is 11.0 Å². The monoisotopic (exact) mass is 422 g/mol. The van der Waals surface area contributed by atoms with Crippen molar-refractivity contribution in [2.45, 2.75) is 0 Å². The number of hydrogen-bond acceptors (Lipinski definition) is 5. The normalized spacial score (nSPS) is 10.8.